The Hall–Kier alpha value is -2.06. The molecule has 1 aliphatic rings. The quantitative estimate of drug-likeness (QED) is 0.848. The molecule has 0 bridgehead atoms. The van der Waals surface area contributed by atoms with Gasteiger partial charge in [-0.05, 0) is 60.0 Å². The van der Waals surface area contributed by atoms with Gasteiger partial charge >= 0.3 is 0 Å². The second-order valence-electron chi connectivity index (χ2n) is 7.64. The van der Waals surface area contributed by atoms with Crippen molar-refractivity contribution >= 4 is 6.08 Å². The molecule has 132 valence electrons. The number of nitrogens with zero attached hydrogens (tertiary/aromatic N) is 1. The molecular formula is C23H29NO. The maximum absolute atomic E-state index is 9.82. The van der Waals surface area contributed by atoms with Crippen molar-refractivity contribution in [1.82, 2.24) is 4.90 Å². The van der Waals surface area contributed by atoms with Gasteiger partial charge in [-0.1, -0.05) is 62.4 Å². The Labute approximate surface area is 151 Å². The van der Waals surface area contributed by atoms with Crippen molar-refractivity contribution in [2.75, 3.05) is 19.6 Å². The van der Waals surface area contributed by atoms with Crippen LogP contribution in [0.25, 0.3) is 6.08 Å². The zero-order chi connectivity index (χ0) is 17.9. The third-order valence-electron chi connectivity index (χ3n) is 5.92. The number of benzene rings is 2. The SMILES string of the molecule is Cc1ccccc1/C=C/CN1CC[C@](C)(c2cccc(O)c2)[C@H](C)C1. The van der Waals surface area contributed by atoms with Crippen LogP contribution < -0.4 is 0 Å². The molecule has 0 spiro atoms. The highest BCUT2D eigenvalue weighted by molar-refractivity contribution is 5.53. The maximum Gasteiger partial charge on any atom is 0.115 e. The van der Waals surface area contributed by atoms with Gasteiger partial charge in [0.1, 0.15) is 5.75 Å². The molecule has 2 aromatic rings. The highest BCUT2D eigenvalue weighted by Gasteiger charge is 2.37. The zero-order valence-electron chi connectivity index (χ0n) is 15.6. The Morgan fingerprint density at radius 2 is 2.00 bits per heavy atom. The number of hydrogen-bond acceptors (Lipinski definition) is 2. The minimum Gasteiger partial charge on any atom is -0.508 e. The molecule has 3 rings (SSSR count). The molecule has 25 heavy (non-hydrogen) atoms. The number of aromatic hydroxyl groups is 1. The van der Waals surface area contributed by atoms with Gasteiger partial charge in [0.05, 0.1) is 0 Å². The lowest BCUT2D eigenvalue weighted by molar-refractivity contribution is 0.121. The normalized spacial score (nSPS) is 24.7. The van der Waals surface area contributed by atoms with E-state index in [0.29, 0.717) is 11.7 Å². The Morgan fingerprint density at radius 3 is 2.72 bits per heavy atom. The molecule has 2 nitrogen and oxygen atoms in total. The van der Waals surface area contributed by atoms with E-state index in [1.54, 1.807) is 6.07 Å². The van der Waals surface area contributed by atoms with Gasteiger partial charge in [-0.15, -0.1) is 0 Å². The molecule has 0 amide bonds. The topological polar surface area (TPSA) is 23.5 Å². The Morgan fingerprint density at radius 1 is 1.20 bits per heavy atom. The molecule has 2 aromatic carbocycles. The van der Waals surface area contributed by atoms with Crippen molar-refractivity contribution in [2.24, 2.45) is 5.92 Å². The highest BCUT2D eigenvalue weighted by Crippen LogP contribution is 2.40. The number of aryl methyl sites for hydroxylation is 1. The molecule has 0 aliphatic carbocycles. The van der Waals surface area contributed by atoms with E-state index >= 15 is 0 Å². The summed E-state index contributed by atoms with van der Waals surface area (Å²) in [7, 11) is 0. The van der Waals surface area contributed by atoms with Crippen LogP contribution in [0.15, 0.2) is 54.6 Å². The monoisotopic (exact) mass is 335 g/mol. The van der Waals surface area contributed by atoms with Gasteiger partial charge in [0, 0.05) is 13.1 Å². The summed E-state index contributed by atoms with van der Waals surface area (Å²) in [5.41, 5.74) is 4.02. The number of phenolic OH excluding ortho intramolecular Hbond substituents is 1. The van der Waals surface area contributed by atoms with Crippen molar-refractivity contribution in [3.63, 3.8) is 0 Å². The van der Waals surface area contributed by atoms with Crippen molar-refractivity contribution < 1.29 is 5.11 Å². The fourth-order valence-corrected chi connectivity index (χ4v) is 3.88. The van der Waals surface area contributed by atoms with E-state index in [-0.39, 0.29) is 5.41 Å². The summed E-state index contributed by atoms with van der Waals surface area (Å²) in [5, 5.41) is 9.82. The summed E-state index contributed by atoms with van der Waals surface area (Å²) in [6.07, 6.45) is 5.64. The standard InChI is InChI=1S/C23H29NO/c1-18-8-4-5-9-20(18)10-7-14-24-15-13-23(3,19(2)17-24)21-11-6-12-22(25)16-21/h4-12,16,19,25H,13-15,17H2,1-3H3/b10-7+/t19-,23+/m1/s1. The first-order chi connectivity index (χ1) is 12.0. The van der Waals surface area contributed by atoms with Gasteiger partial charge in [0.15, 0.2) is 0 Å². The van der Waals surface area contributed by atoms with Crippen LogP contribution in [-0.2, 0) is 5.41 Å². The molecule has 0 aromatic heterocycles. The van der Waals surface area contributed by atoms with Gasteiger partial charge in [-0.25, -0.2) is 0 Å². The largest absolute Gasteiger partial charge is 0.508 e. The number of likely N-dealkylation sites (tertiary alicyclic amines) is 1. The van der Waals surface area contributed by atoms with Gasteiger partial charge in [0.2, 0.25) is 0 Å². The third kappa shape index (κ3) is 3.96. The molecule has 0 unspecified atom stereocenters. The van der Waals surface area contributed by atoms with E-state index in [1.165, 1.54) is 16.7 Å². The van der Waals surface area contributed by atoms with Crippen LogP contribution in [0.4, 0.5) is 0 Å². The van der Waals surface area contributed by atoms with Gasteiger partial charge < -0.3 is 5.11 Å². The van der Waals surface area contributed by atoms with E-state index in [0.717, 1.165) is 26.1 Å². The summed E-state index contributed by atoms with van der Waals surface area (Å²) in [4.78, 5) is 2.53. The molecule has 2 heteroatoms. The van der Waals surface area contributed by atoms with Crippen molar-refractivity contribution in [3.8, 4) is 5.75 Å². The molecule has 1 aliphatic heterocycles. The first kappa shape index (κ1) is 17.8. The number of hydrogen-bond donors (Lipinski definition) is 1. The van der Waals surface area contributed by atoms with E-state index in [4.69, 9.17) is 0 Å². The van der Waals surface area contributed by atoms with Crippen LogP contribution in [0.1, 0.15) is 37.0 Å². The van der Waals surface area contributed by atoms with E-state index in [1.807, 2.05) is 12.1 Å². The average molecular weight is 335 g/mol. The van der Waals surface area contributed by atoms with Crippen LogP contribution in [0.3, 0.4) is 0 Å². The number of phenols is 1. The van der Waals surface area contributed by atoms with E-state index in [2.05, 4.69) is 68.2 Å². The minimum atomic E-state index is 0.134. The molecule has 1 fully saturated rings. The van der Waals surface area contributed by atoms with Gasteiger partial charge in [-0.2, -0.15) is 0 Å². The number of rotatable bonds is 4. The van der Waals surface area contributed by atoms with Crippen LogP contribution >= 0.6 is 0 Å². The molecule has 2 atom stereocenters. The zero-order valence-corrected chi connectivity index (χ0v) is 15.6. The summed E-state index contributed by atoms with van der Waals surface area (Å²) < 4.78 is 0. The molecule has 1 N–H and O–H groups in total. The summed E-state index contributed by atoms with van der Waals surface area (Å²) in [6.45, 7) is 10.0. The Bertz CT molecular complexity index is 751. The molecular weight excluding hydrogens is 306 g/mol. The molecule has 1 saturated heterocycles. The fourth-order valence-electron chi connectivity index (χ4n) is 3.88. The predicted octanol–water partition coefficient (Wildman–Crippen LogP) is 5.01. The summed E-state index contributed by atoms with van der Waals surface area (Å²) >= 11 is 0. The van der Waals surface area contributed by atoms with Gasteiger partial charge in [0.25, 0.3) is 0 Å². The van der Waals surface area contributed by atoms with Crippen LogP contribution in [0, 0.1) is 12.8 Å². The first-order valence-electron chi connectivity index (χ1n) is 9.23. The van der Waals surface area contributed by atoms with Crippen LogP contribution in [0.2, 0.25) is 0 Å². The lowest BCUT2D eigenvalue weighted by Gasteiger charge is -2.45. The van der Waals surface area contributed by atoms with Crippen molar-refractivity contribution in [2.45, 2.75) is 32.6 Å². The third-order valence-corrected chi connectivity index (χ3v) is 5.92. The van der Waals surface area contributed by atoms with Crippen LogP contribution in [0.5, 0.6) is 5.75 Å². The highest BCUT2D eigenvalue weighted by atomic mass is 16.3. The van der Waals surface area contributed by atoms with E-state index < -0.39 is 0 Å². The average Bonchev–Trinajstić information content (AvgIpc) is 2.60. The molecule has 1 heterocycles. The number of piperidine rings is 1. The van der Waals surface area contributed by atoms with Crippen LogP contribution in [-0.4, -0.2) is 29.6 Å². The molecule has 0 saturated carbocycles. The van der Waals surface area contributed by atoms with E-state index in [9.17, 15) is 5.11 Å². The summed E-state index contributed by atoms with van der Waals surface area (Å²) in [5.74, 6) is 0.921. The van der Waals surface area contributed by atoms with Crippen molar-refractivity contribution in [3.05, 3.63) is 71.3 Å². The Kier molecular flexibility index (Phi) is 5.29. The molecule has 0 radical (unpaired) electrons. The maximum atomic E-state index is 9.82. The first-order valence-corrected chi connectivity index (χ1v) is 9.23. The lowest BCUT2D eigenvalue weighted by Crippen LogP contribution is -2.47. The van der Waals surface area contributed by atoms with Crippen molar-refractivity contribution in [1.29, 1.82) is 0 Å². The lowest BCUT2D eigenvalue weighted by atomic mass is 9.68. The van der Waals surface area contributed by atoms with Gasteiger partial charge in [-0.3, -0.25) is 4.90 Å². The second-order valence-corrected chi connectivity index (χ2v) is 7.64. The second kappa shape index (κ2) is 7.45. The fraction of sp³-hybridized carbons (Fsp3) is 0.391. The smallest absolute Gasteiger partial charge is 0.115 e. The Balaban J connectivity index is 1.63. The predicted molar refractivity (Wildman–Crippen MR) is 106 cm³/mol. The summed E-state index contributed by atoms with van der Waals surface area (Å²) in [6, 6.07) is 16.3. The minimum absolute atomic E-state index is 0.134.